The van der Waals surface area contributed by atoms with Gasteiger partial charge in [-0.05, 0) is 17.0 Å². The molecule has 1 aromatic heterocycles. The van der Waals surface area contributed by atoms with Gasteiger partial charge < -0.3 is 15.0 Å². The van der Waals surface area contributed by atoms with E-state index in [1.807, 2.05) is 13.2 Å². The normalized spacial score (nSPS) is 21.3. The highest BCUT2D eigenvalue weighted by atomic mass is 127. The molecule has 5 rings (SSSR count). The van der Waals surface area contributed by atoms with Crippen molar-refractivity contribution in [2.45, 2.75) is 25.2 Å². The van der Waals surface area contributed by atoms with Crippen molar-refractivity contribution in [1.29, 1.82) is 0 Å². The van der Waals surface area contributed by atoms with Gasteiger partial charge in [-0.3, -0.25) is 14.9 Å². The van der Waals surface area contributed by atoms with Gasteiger partial charge in [0, 0.05) is 44.8 Å². The molecule has 2 fully saturated rings. The molecule has 7 heteroatoms. The number of nitrogens with zero attached hydrogens (tertiary/aromatic N) is 4. The third-order valence-corrected chi connectivity index (χ3v) is 6.33. The van der Waals surface area contributed by atoms with Crippen molar-refractivity contribution < 1.29 is 4.74 Å². The Bertz CT molecular complexity index is 1060. The molecule has 168 valence electrons. The SMILES string of the molecule is CN=C(NCc1nccc2ccccc12)N1CC2OCCN(Cc3ccccc3)C2C1.I. The molecule has 0 radical (unpaired) electrons. The first-order valence-electron chi connectivity index (χ1n) is 11.0. The number of benzene rings is 2. The molecular weight excluding hydrogens is 513 g/mol. The van der Waals surface area contributed by atoms with Gasteiger partial charge in [0.1, 0.15) is 0 Å². The first kappa shape index (κ1) is 22.9. The van der Waals surface area contributed by atoms with Crippen molar-refractivity contribution in [3.8, 4) is 0 Å². The van der Waals surface area contributed by atoms with Gasteiger partial charge in [-0.2, -0.15) is 0 Å². The van der Waals surface area contributed by atoms with Crippen molar-refractivity contribution >= 4 is 40.7 Å². The van der Waals surface area contributed by atoms with Crippen molar-refractivity contribution in [2.24, 2.45) is 4.99 Å². The molecule has 2 aliphatic rings. The summed E-state index contributed by atoms with van der Waals surface area (Å²) >= 11 is 0. The minimum Gasteiger partial charge on any atom is -0.373 e. The standard InChI is InChI=1S/C25H29N5O.HI/c1-26-25(28-15-22-21-10-6-5-9-20(21)11-12-27-22)30-17-23-24(18-30)31-14-13-29(23)16-19-7-3-2-4-8-19;/h2-12,23-24H,13-18H2,1H3,(H,26,28);1H. The molecule has 2 aromatic carbocycles. The minimum absolute atomic E-state index is 0. The number of aliphatic imine (C=N–C) groups is 1. The summed E-state index contributed by atoms with van der Waals surface area (Å²) in [6.07, 6.45) is 2.09. The van der Waals surface area contributed by atoms with Crippen LogP contribution in [0.1, 0.15) is 11.3 Å². The average molecular weight is 543 g/mol. The molecule has 0 aliphatic carbocycles. The number of hydrogen-bond donors (Lipinski definition) is 1. The second kappa shape index (κ2) is 10.6. The zero-order chi connectivity index (χ0) is 21.0. The van der Waals surface area contributed by atoms with E-state index in [0.29, 0.717) is 12.6 Å². The molecule has 3 heterocycles. The maximum absolute atomic E-state index is 6.14. The number of morpholine rings is 1. The average Bonchev–Trinajstić information content (AvgIpc) is 3.25. The van der Waals surface area contributed by atoms with Crippen LogP contribution in [-0.2, 0) is 17.8 Å². The van der Waals surface area contributed by atoms with Gasteiger partial charge in [0.2, 0.25) is 0 Å². The van der Waals surface area contributed by atoms with Crippen LogP contribution in [0.15, 0.2) is 71.9 Å². The van der Waals surface area contributed by atoms with Crippen LogP contribution in [0.5, 0.6) is 0 Å². The fourth-order valence-corrected chi connectivity index (χ4v) is 4.76. The summed E-state index contributed by atoms with van der Waals surface area (Å²) in [4.78, 5) is 14.0. The quantitative estimate of drug-likeness (QED) is 0.310. The molecule has 2 aliphatic heterocycles. The monoisotopic (exact) mass is 543 g/mol. The molecule has 0 amide bonds. The number of fused-ring (bicyclic) bond motifs is 2. The van der Waals surface area contributed by atoms with Gasteiger partial charge in [-0.25, -0.2) is 0 Å². The smallest absolute Gasteiger partial charge is 0.194 e. The molecule has 1 N–H and O–H groups in total. The van der Waals surface area contributed by atoms with Crippen LogP contribution in [0.25, 0.3) is 10.8 Å². The lowest BCUT2D eigenvalue weighted by atomic mass is 10.1. The molecule has 2 atom stereocenters. The highest BCUT2D eigenvalue weighted by Gasteiger charge is 2.41. The molecular formula is C25H30IN5O. The number of rotatable bonds is 4. The second-order valence-corrected chi connectivity index (χ2v) is 8.22. The summed E-state index contributed by atoms with van der Waals surface area (Å²) in [5.41, 5.74) is 2.39. The topological polar surface area (TPSA) is 53.0 Å². The van der Waals surface area contributed by atoms with Crippen LogP contribution >= 0.6 is 24.0 Å². The van der Waals surface area contributed by atoms with Crippen LogP contribution in [0, 0.1) is 0 Å². The highest BCUT2D eigenvalue weighted by molar-refractivity contribution is 14.0. The van der Waals surface area contributed by atoms with Gasteiger partial charge in [-0.1, -0.05) is 54.6 Å². The van der Waals surface area contributed by atoms with Gasteiger partial charge in [0.15, 0.2) is 5.96 Å². The molecule has 32 heavy (non-hydrogen) atoms. The zero-order valence-electron chi connectivity index (χ0n) is 18.4. The molecule has 0 spiro atoms. The van der Waals surface area contributed by atoms with Crippen LogP contribution in [-0.4, -0.2) is 66.2 Å². The number of hydrogen-bond acceptors (Lipinski definition) is 4. The summed E-state index contributed by atoms with van der Waals surface area (Å²) in [5, 5.41) is 5.92. The predicted octanol–water partition coefficient (Wildman–Crippen LogP) is 3.51. The molecule has 6 nitrogen and oxygen atoms in total. The summed E-state index contributed by atoms with van der Waals surface area (Å²) in [7, 11) is 1.85. The number of aromatic nitrogens is 1. The summed E-state index contributed by atoms with van der Waals surface area (Å²) in [6.45, 7) is 5.14. The number of pyridine rings is 1. The van der Waals surface area contributed by atoms with E-state index >= 15 is 0 Å². The molecule has 2 unspecified atom stereocenters. The van der Waals surface area contributed by atoms with Crippen molar-refractivity contribution in [3.05, 3.63) is 78.1 Å². The van der Waals surface area contributed by atoms with E-state index in [1.54, 1.807) is 0 Å². The number of nitrogens with one attached hydrogen (secondary N) is 1. The largest absolute Gasteiger partial charge is 0.373 e. The number of likely N-dealkylation sites (tertiary alicyclic amines) is 1. The first-order valence-corrected chi connectivity index (χ1v) is 11.0. The maximum Gasteiger partial charge on any atom is 0.194 e. The third-order valence-electron chi connectivity index (χ3n) is 6.33. The molecule has 3 aromatic rings. The Morgan fingerprint density at radius 2 is 1.91 bits per heavy atom. The Morgan fingerprint density at radius 3 is 2.75 bits per heavy atom. The van der Waals surface area contributed by atoms with E-state index in [9.17, 15) is 0 Å². The van der Waals surface area contributed by atoms with Gasteiger partial charge in [0.05, 0.1) is 31.0 Å². The van der Waals surface area contributed by atoms with Crippen LogP contribution < -0.4 is 5.32 Å². The van der Waals surface area contributed by atoms with Gasteiger partial charge >= 0.3 is 0 Å². The summed E-state index contributed by atoms with van der Waals surface area (Å²) in [6, 6.07) is 21.5. The van der Waals surface area contributed by atoms with E-state index in [4.69, 9.17) is 4.74 Å². The Morgan fingerprint density at radius 1 is 1.09 bits per heavy atom. The summed E-state index contributed by atoms with van der Waals surface area (Å²) < 4.78 is 6.14. The lowest BCUT2D eigenvalue weighted by Gasteiger charge is -2.36. The first-order chi connectivity index (χ1) is 15.3. The lowest BCUT2D eigenvalue weighted by molar-refractivity contribution is -0.0502. The highest BCUT2D eigenvalue weighted by Crippen LogP contribution is 2.25. The molecule has 0 bridgehead atoms. The number of ether oxygens (including phenoxy) is 1. The Hall–Kier alpha value is -2.23. The zero-order valence-corrected chi connectivity index (χ0v) is 20.7. The molecule has 2 saturated heterocycles. The number of guanidine groups is 1. The van der Waals surface area contributed by atoms with E-state index in [1.165, 1.54) is 16.3 Å². The van der Waals surface area contributed by atoms with Gasteiger partial charge in [-0.15, -0.1) is 24.0 Å². The predicted molar refractivity (Wildman–Crippen MR) is 139 cm³/mol. The molecule has 0 saturated carbocycles. The Labute approximate surface area is 206 Å². The van der Waals surface area contributed by atoms with E-state index in [-0.39, 0.29) is 30.1 Å². The van der Waals surface area contributed by atoms with Crippen LogP contribution in [0.2, 0.25) is 0 Å². The van der Waals surface area contributed by atoms with E-state index < -0.39 is 0 Å². The fraction of sp³-hybridized carbons (Fsp3) is 0.360. The van der Waals surface area contributed by atoms with E-state index in [2.05, 4.69) is 85.8 Å². The van der Waals surface area contributed by atoms with Crippen LogP contribution in [0.4, 0.5) is 0 Å². The lowest BCUT2D eigenvalue weighted by Crippen LogP contribution is -2.50. The minimum atomic E-state index is 0. The van der Waals surface area contributed by atoms with Crippen molar-refractivity contribution in [2.75, 3.05) is 33.3 Å². The fourth-order valence-electron chi connectivity index (χ4n) is 4.76. The van der Waals surface area contributed by atoms with Crippen molar-refractivity contribution in [1.82, 2.24) is 20.1 Å². The van der Waals surface area contributed by atoms with E-state index in [0.717, 1.165) is 44.4 Å². The Kier molecular flexibility index (Phi) is 7.59. The maximum atomic E-state index is 6.14. The van der Waals surface area contributed by atoms with Gasteiger partial charge in [0.25, 0.3) is 0 Å². The Balaban J connectivity index is 0.00000245. The number of halogens is 1. The van der Waals surface area contributed by atoms with Crippen LogP contribution in [0.3, 0.4) is 0 Å². The third kappa shape index (κ3) is 4.89. The second-order valence-electron chi connectivity index (χ2n) is 8.22. The van der Waals surface area contributed by atoms with Crippen molar-refractivity contribution in [3.63, 3.8) is 0 Å². The summed E-state index contributed by atoms with van der Waals surface area (Å²) in [5.74, 6) is 0.910.